The molecule has 2 aromatic carbocycles. The number of rotatable bonds is 2. The van der Waals surface area contributed by atoms with Crippen LogP contribution in [0.5, 0.6) is 0 Å². The molecule has 21 heavy (non-hydrogen) atoms. The van der Waals surface area contributed by atoms with Crippen LogP contribution in [0.15, 0.2) is 65.9 Å². The summed E-state index contributed by atoms with van der Waals surface area (Å²) in [6, 6.07) is 17.1. The largest absolute Gasteiger partial charge is 0.287 e. The molecule has 0 spiro atoms. The summed E-state index contributed by atoms with van der Waals surface area (Å²) in [6.07, 6.45) is 1.68. The van der Waals surface area contributed by atoms with Gasteiger partial charge in [-0.15, -0.1) is 0 Å². The van der Waals surface area contributed by atoms with Crippen LogP contribution in [0.3, 0.4) is 0 Å². The first-order valence-electron chi connectivity index (χ1n) is 6.66. The molecule has 1 aromatic heterocycles. The zero-order valence-corrected chi connectivity index (χ0v) is 11.1. The molecule has 3 aromatic rings. The summed E-state index contributed by atoms with van der Waals surface area (Å²) in [5.41, 5.74) is 4.87. The van der Waals surface area contributed by atoms with Gasteiger partial charge in [-0.05, 0) is 17.5 Å². The Kier molecular flexibility index (Phi) is 2.54. The summed E-state index contributed by atoms with van der Waals surface area (Å²) in [4.78, 5) is 16.6. The number of aromatic nitrogens is 1. The van der Waals surface area contributed by atoms with Gasteiger partial charge < -0.3 is 0 Å². The van der Waals surface area contributed by atoms with E-state index in [0.29, 0.717) is 17.1 Å². The van der Waals surface area contributed by atoms with E-state index in [4.69, 9.17) is 0 Å². The molecule has 0 radical (unpaired) electrons. The number of benzene rings is 2. The number of ketones is 1. The Labute approximate surface area is 121 Å². The average molecular weight is 273 g/mol. The maximum Gasteiger partial charge on any atom is 0.214 e. The minimum atomic E-state index is -0.0507. The van der Waals surface area contributed by atoms with Crippen molar-refractivity contribution in [3.63, 3.8) is 0 Å². The number of carbonyl (C=O) groups is 1. The van der Waals surface area contributed by atoms with Gasteiger partial charge in [0, 0.05) is 22.7 Å². The van der Waals surface area contributed by atoms with Crippen molar-refractivity contribution in [2.45, 2.75) is 0 Å². The molecular weight excluding hydrogens is 262 g/mol. The molecule has 4 heteroatoms. The molecule has 1 aliphatic carbocycles. The van der Waals surface area contributed by atoms with Crippen molar-refractivity contribution < 1.29 is 4.79 Å². The van der Waals surface area contributed by atoms with E-state index in [0.717, 1.165) is 16.3 Å². The molecule has 0 saturated heterocycles. The molecule has 100 valence electrons. The molecule has 0 amide bonds. The predicted molar refractivity (Wildman–Crippen MR) is 82.7 cm³/mol. The third kappa shape index (κ3) is 1.80. The fraction of sp³-hybridized carbons (Fsp3) is 0. The lowest BCUT2D eigenvalue weighted by Gasteiger charge is -2.01. The molecule has 1 aliphatic rings. The maximum absolute atomic E-state index is 12.5. The van der Waals surface area contributed by atoms with Crippen molar-refractivity contribution in [1.29, 1.82) is 0 Å². The second kappa shape index (κ2) is 4.52. The smallest absolute Gasteiger partial charge is 0.214 e. The molecule has 4 rings (SSSR count). The van der Waals surface area contributed by atoms with Gasteiger partial charge in [-0.2, -0.15) is 5.10 Å². The van der Waals surface area contributed by atoms with Gasteiger partial charge in [0.15, 0.2) is 0 Å². The van der Waals surface area contributed by atoms with Crippen molar-refractivity contribution in [1.82, 2.24) is 4.98 Å². The van der Waals surface area contributed by atoms with Gasteiger partial charge >= 0.3 is 0 Å². The Morgan fingerprint density at radius 3 is 2.48 bits per heavy atom. The molecule has 0 bridgehead atoms. The van der Waals surface area contributed by atoms with Crippen molar-refractivity contribution in [3.05, 3.63) is 71.9 Å². The number of nitrogens with one attached hydrogen (secondary N) is 1. The summed E-state index contributed by atoms with van der Waals surface area (Å²) in [7, 11) is 0. The average Bonchev–Trinajstić information content (AvgIpc) is 2.81. The molecule has 0 atom stereocenters. The number of nitrogens with zero attached hydrogens (tertiary/aromatic N) is 2. The van der Waals surface area contributed by atoms with Crippen molar-refractivity contribution >= 4 is 28.1 Å². The topological polar surface area (TPSA) is 54.4 Å². The van der Waals surface area contributed by atoms with E-state index >= 15 is 0 Å². The monoisotopic (exact) mass is 273 g/mol. The third-order valence-corrected chi connectivity index (χ3v) is 3.57. The lowest BCUT2D eigenvalue weighted by molar-refractivity contribution is 0.107. The molecule has 0 saturated carbocycles. The fourth-order valence-corrected chi connectivity index (χ4v) is 2.63. The summed E-state index contributed by atoms with van der Waals surface area (Å²) in [6.45, 7) is 0. The van der Waals surface area contributed by atoms with Gasteiger partial charge in [0.25, 0.3) is 0 Å². The molecule has 1 heterocycles. The van der Waals surface area contributed by atoms with Crippen LogP contribution in [0, 0.1) is 0 Å². The van der Waals surface area contributed by atoms with Crippen LogP contribution in [0.1, 0.15) is 15.9 Å². The zero-order valence-electron chi connectivity index (χ0n) is 11.1. The van der Waals surface area contributed by atoms with Gasteiger partial charge in [-0.25, -0.2) is 4.98 Å². The molecule has 0 unspecified atom stereocenters. The van der Waals surface area contributed by atoms with Crippen LogP contribution >= 0.6 is 0 Å². The number of anilines is 1. The highest BCUT2D eigenvalue weighted by molar-refractivity contribution is 6.59. The van der Waals surface area contributed by atoms with Gasteiger partial charge in [-0.3, -0.25) is 10.2 Å². The lowest BCUT2D eigenvalue weighted by Crippen LogP contribution is -2.11. The number of carbonyl (C=O) groups excluding carboxylic acids is 1. The van der Waals surface area contributed by atoms with Crippen LogP contribution in [0.4, 0.5) is 5.82 Å². The summed E-state index contributed by atoms with van der Waals surface area (Å²) < 4.78 is 0. The molecular formula is C17H11N3O. The number of hydrogen-bond acceptors (Lipinski definition) is 4. The van der Waals surface area contributed by atoms with E-state index in [-0.39, 0.29) is 5.78 Å². The van der Waals surface area contributed by atoms with E-state index < -0.39 is 0 Å². The van der Waals surface area contributed by atoms with Crippen LogP contribution in [0.2, 0.25) is 0 Å². The van der Waals surface area contributed by atoms with Crippen LogP contribution in [-0.4, -0.2) is 16.5 Å². The normalized spacial score (nSPS) is 14.9. The minimum Gasteiger partial charge on any atom is -0.287 e. The van der Waals surface area contributed by atoms with E-state index in [9.17, 15) is 4.79 Å². The number of hydrazone groups is 1. The minimum absolute atomic E-state index is 0.0507. The maximum atomic E-state index is 12.5. The summed E-state index contributed by atoms with van der Waals surface area (Å²) in [5.74, 6) is 0.561. The highest BCUT2D eigenvalue weighted by Gasteiger charge is 2.28. The predicted octanol–water partition coefficient (Wildman–Crippen LogP) is 3.25. The van der Waals surface area contributed by atoms with Crippen LogP contribution < -0.4 is 5.43 Å². The van der Waals surface area contributed by atoms with E-state index in [1.165, 1.54) is 0 Å². The second-order valence-corrected chi connectivity index (χ2v) is 4.83. The van der Waals surface area contributed by atoms with Gasteiger partial charge in [0.05, 0.1) is 0 Å². The third-order valence-electron chi connectivity index (χ3n) is 3.57. The van der Waals surface area contributed by atoms with E-state index in [1.54, 1.807) is 12.3 Å². The van der Waals surface area contributed by atoms with Crippen molar-refractivity contribution in [2.24, 2.45) is 5.10 Å². The van der Waals surface area contributed by atoms with Gasteiger partial charge in [0.1, 0.15) is 11.5 Å². The number of hydrogen-bond donors (Lipinski definition) is 1. The number of Topliss-reactive ketones (excluding diaryl/α,β-unsaturated/α-hetero) is 1. The van der Waals surface area contributed by atoms with Crippen LogP contribution in [0.25, 0.3) is 10.8 Å². The Hall–Kier alpha value is -3.01. The van der Waals surface area contributed by atoms with Crippen molar-refractivity contribution in [3.8, 4) is 0 Å². The highest BCUT2D eigenvalue weighted by Crippen LogP contribution is 2.30. The van der Waals surface area contributed by atoms with E-state index in [2.05, 4.69) is 15.5 Å². The Bertz CT molecular complexity index is 880. The Balaban J connectivity index is 1.82. The number of pyridine rings is 1. The molecule has 0 aliphatic heterocycles. The van der Waals surface area contributed by atoms with Gasteiger partial charge in [0.2, 0.25) is 5.78 Å². The zero-order chi connectivity index (χ0) is 14.2. The first kappa shape index (κ1) is 11.8. The standard InChI is InChI=1S/C17H11N3O/c21-17-13-8-4-6-11-5-3-7-12(15(11)13)16(17)20-19-14-9-1-2-10-18-14/h1-10H,(H,18,19)/b20-16+. The first-order chi connectivity index (χ1) is 10.3. The first-order valence-corrected chi connectivity index (χ1v) is 6.66. The Morgan fingerprint density at radius 2 is 1.71 bits per heavy atom. The molecule has 0 fully saturated rings. The lowest BCUT2D eigenvalue weighted by atomic mass is 10.1. The highest BCUT2D eigenvalue weighted by atomic mass is 16.1. The second-order valence-electron chi connectivity index (χ2n) is 4.83. The summed E-state index contributed by atoms with van der Waals surface area (Å²) >= 11 is 0. The molecule has 1 N–H and O–H groups in total. The van der Waals surface area contributed by atoms with Crippen LogP contribution in [-0.2, 0) is 0 Å². The SMILES string of the molecule is O=C1/C(=N/Nc2ccccn2)c2cccc3cccc1c23. The summed E-state index contributed by atoms with van der Waals surface area (Å²) in [5, 5.41) is 6.30. The quantitative estimate of drug-likeness (QED) is 0.729. The van der Waals surface area contributed by atoms with E-state index in [1.807, 2.05) is 48.5 Å². The van der Waals surface area contributed by atoms with Crippen molar-refractivity contribution in [2.75, 3.05) is 5.43 Å². The van der Waals surface area contributed by atoms with Gasteiger partial charge in [-0.1, -0.05) is 42.5 Å². The molecule has 4 nitrogen and oxygen atoms in total. The Morgan fingerprint density at radius 1 is 0.905 bits per heavy atom. The fourth-order valence-electron chi connectivity index (χ4n) is 2.63.